The second kappa shape index (κ2) is 7.92. The van der Waals surface area contributed by atoms with Crippen LogP contribution in [0.3, 0.4) is 0 Å². The number of nitrogens with one attached hydrogen (secondary N) is 1. The first-order valence-corrected chi connectivity index (χ1v) is 8.59. The van der Waals surface area contributed by atoms with Crippen LogP contribution in [0.4, 0.5) is 0 Å². The zero-order chi connectivity index (χ0) is 15.1. The number of nitrogens with zero attached hydrogens (tertiary/aromatic N) is 2. The monoisotopic (exact) mass is 293 g/mol. The van der Waals surface area contributed by atoms with Gasteiger partial charge in [0.15, 0.2) is 0 Å². The minimum atomic E-state index is 0.180. The molecule has 1 aliphatic carbocycles. The van der Waals surface area contributed by atoms with Crippen LogP contribution in [0.5, 0.6) is 0 Å². The molecule has 120 valence electrons. The molecule has 4 nitrogen and oxygen atoms in total. The summed E-state index contributed by atoms with van der Waals surface area (Å²) < 4.78 is 5.81. The Morgan fingerprint density at radius 1 is 1.05 bits per heavy atom. The van der Waals surface area contributed by atoms with Crippen molar-refractivity contribution in [3.8, 4) is 0 Å². The van der Waals surface area contributed by atoms with E-state index in [1.54, 1.807) is 0 Å². The Morgan fingerprint density at radius 3 is 2.38 bits per heavy atom. The molecule has 1 heterocycles. The molecule has 0 spiro atoms. The van der Waals surface area contributed by atoms with Crippen LogP contribution in [-0.4, -0.2) is 22.3 Å². The van der Waals surface area contributed by atoms with Crippen molar-refractivity contribution in [2.24, 2.45) is 5.92 Å². The van der Waals surface area contributed by atoms with Gasteiger partial charge in [-0.3, -0.25) is 0 Å². The van der Waals surface area contributed by atoms with Gasteiger partial charge in [-0.1, -0.05) is 25.7 Å². The average Bonchev–Trinajstić information content (AvgIpc) is 2.68. The second-order valence-corrected chi connectivity index (χ2v) is 7.43. The third-order valence-electron chi connectivity index (χ3n) is 4.17. The van der Waals surface area contributed by atoms with Crippen LogP contribution in [0.2, 0.25) is 0 Å². The average molecular weight is 293 g/mol. The number of aromatic nitrogens is 2. The molecule has 0 unspecified atom stereocenters. The van der Waals surface area contributed by atoms with Crippen LogP contribution >= 0.6 is 0 Å². The van der Waals surface area contributed by atoms with Gasteiger partial charge >= 0.3 is 0 Å². The number of hydrogen-bond acceptors (Lipinski definition) is 4. The second-order valence-electron chi connectivity index (χ2n) is 7.43. The summed E-state index contributed by atoms with van der Waals surface area (Å²) in [6.07, 6.45) is 11.1. The van der Waals surface area contributed by atoms with Crippen molar-refractivity contribution in [2.75, 3.05) is 6.54 Å². The molecule has 0 aliphatic heterocycles. The van der Waals surface area contributed by atoms with Crippen molar-refractivity contribution in [3.05, 3.63) is 11.8 Å². The summed E-state index contributed by atoms with van der Waals surface area (Å²) in [5.74, 6) is 2.40. The summed E-state index contributed by atoms with van der Waals surface area (Å²) in [5, 5.41) is 11.9. The van der Waals surface area contributed by atoms with E-state index in [4.69, 9.17) is 4.42 Å². The molecule has 0 atom stereocenters. The molecular formula is C17H31N3O. The van der Waals surface area contributed by atoms with Gasteiger partial charge in [0.2, 0.25) is 11.8 Å². The highest BCUT2D eigenvalue weighted by Crippen LogP contribution is 2.25. The third-order valence-corrected chi connectivity index (χ3v) is 4.17. The maximum absolute atomic E-state index is 5.81. The van der Waals surface area contributed by atoms with Crippen molar-refractivity contribution in [1.29, 1.82) is 0 Å². The molecule has 0 aromatic carbocycles. The molecular weight excluding hydrogens is 262 g/mol. The van der Waals surface area contributed by atoms with Gasteiger partial charge in [-0.25, -0.2) is 0 Å². The van der Waals surface area contributed by atoms with E-state index < -0.39 is 0 Å². The topological polar surface area (TPSA) is 51.0 Å². The molecule has 0 bridgehead atoms. The van der Waals surface area contributed by atoms with Crippen molar-refractivity contribution in [1.82, 2.24) is 15.5 Å². The molecule has 0 radical (unpaired) electrons. The van der Waals surface area contributed by atoms with Gasteiger partial charge in [0.1, 0.15) is 0 Å². The summed E-state index contributed by atoms with van der Waals surface area (Å²) in [5.41, 5.74) is 0.180. The van der Waals surface area contributed by atoms with Crippen LogP contribution in [-0.2, 0) is 12.8 Å². The zero-order valence-electron chi connectivity index (χ0n) is 14.0. The Labute approximate surface area is 129 Å². The van der Waals surface area contributed by atoms with E-state index in [-0.39, 0.29) is 5.54 Å². The summed E-state index contributed by atoms with van der Waals surface area (Å²) in [7, 11) is 0. The Bertz CT molecular complexity index is 400. The van der Waals surface area contributed by atoms with E-state index in [1.807, 2.05) is 0 Å². The summed E-state index contributed by atoms with van der Waals surface area (Å²) in [6, 6.07) is 0. The molecule has 1 saturated carbocycles. The first kappa shape index (κ1) is 16.5. The molecule has 1 aromatic heterocycles. The molecule has 2 rings (SSSR count). The highest BCUT2D eigenvalue weighted by Gasteiger charge is 2.16. The lowest BCUT2D eigenvalue weighted by Gasteiger charge is -2.19. The summed E-state index contributed by atoms with van der Waals surface area (Å²) >= 11 is 0. The lowest BCUT2D eigenvalue weighted by Crippen LogP contribution is -2.36. The first-order chi connectivity index (χ1) is 10.0. The van der Waals surface area contributed by atoms with Crippen LogP contribution in [0, 0.1) is 5.92 Å². The van der Waals surface area contributed by atoms with Gasteiger partial charge in [0.25, 0.3) is 0 Å². The van der Waals surface area contributed by atoms with Gasteiger partial charge in [0.05, 0.1) is 0 Å². The molecule has 4 heteroatoms. The van der Waals surface area contributed by atoms with Gasteiger partial charge in [-0.15, -0.1) is 10.2 Å². The largest absolute Gasteiger partial charge is 0.425 e. The van der Waals surface area contributed by atoms with Crippen molar-refractivity contribution >= 4 is 0 Å². The highest BCUT2D eigenvalue weighted by atomic mass is 16.4. The predicted octanol–water partition coefficient (Wildman–Crippen LogP) is 3.90. The van der Waals surface area contributed by atoms with Crippen molar-refractivity contribution in [3.63, 3.8) is 0 Å². The fourth-order valence-corrected chi connectivity index (χ4v) is 2.99. The zero-order valence-corrected chi connectivity index (χ0v) is 14.0. The SMILES string of the molecule is CC(C)(C)NCCCc1nnc(CC2CCCCCC2)o1. The molecule has 0 amide bonds. The molecule has 21 heavy (non-hydrogen) atoms. The minimum Gasteiger partial charge on any atom is -0.425 e. The van der Waals surface area contributed by atoms with Crippen LogP contribution in [0.1, 0.15) is 77.5 Å². The standard InChI is InChI=1S/C17H31N3O/c1-17(2,3)18-12-8-11-15-19-20-16(21-15)13-14-9-6-4-5-7-10-14/h14,18H,4-13H2,1-3H3. The van der Waals surface area contributed by atoms with Crippen molar-refractivity contribution in [2.45, 2.75) is 84.1 Å². The number of hydrogen-bond donors (Lipinski definition) is 1. The maximum Gasteiger partial charge on any atom is 0.216 e. The minimum absolute atomic E-state index is 0.180. The van der Waals surface area contributed by atoms with Crippen LogP contribution in [0.15, 0.2) is 4.42 Å². The predicted molar refractivity (Wildman–Crippen MR) is 85.3 cm³/mol. The normalized spacial score (nSPS) is 17.9. The smallest absolute Gasteiger partial charge is 0.216 e. The van der Waals surface area contributed by atoms with Crippen molar-refractivity contribution < 1.29 is 4.42 Å². The molecule has 1 N–H and O–H groups in total. The van der Waals surface area contributed by atoms with E-state index in [2.05, 4.69) is 36.3 Å². The lowest BCUT2D eigenvalue weighted by molar-refractivity contribution is 0.373. The Kier molecular flexibility index (Phi) is 6.22. The van der Waals surface area contributed by atoms with Gasteiger partial charge < -0.3 is 9.73 Å². The van der Waals surface area contributed by atoms with Gasteiger partial charge in [-0.2, -0.15) is 0 Å². The van der Waals surface area contributed by atoms with E-state index in [9.17, 15) is 0 Å². The van der Waals surface area contributed by atoms with E-state index in [1.165, 1.54) is 38.5 Å². The number of aryl methyl sites for hydroxylation is 1. The van der Waals surface area contributed by atoms with Gasteiger partial charge in [-0.05, 0) is 52.5 Å². The van der Waals surface area contributed by atoms with E-state index >= 15 is 0 Å². The fourth-order valence-electron chi connectivity index (χ4n) is 2.99. The maximum atomic E-state index is 5.81. The first-order valence-electron chi connectivity index (χ1n) is 8.59. The Hall–Kier alpha value is -0.900. The summed E-state index contributed by atoms with van der Waals surface area (Å²) in [6.45, 7) is 7.55. The Morgan fingerprint density at radius 2 is 1.71 bits per heavy atom. The summed E-state index contributed by atoms with van der Waals surface area (Å²) in [4.78, 5) is 0. The molecule has 0 saturated heterocycles. The highest BCUT2D eigenvalue weighted by molar-refractivity contribution is 4.85. The van der Waals surface area contributed by atoms with Crippen LogP contribution in [0.25, 0.3) is 0 Å². The van der Waals surface area contributed by atoms with Gasteiger partial charge in [0, 0.05) is 18.4 Å². The van der Waals surface area contributed by atoms with E-state index in [0.29, 0.717) is 0 Å². The number of rotatable bonds is 6. The fraction of sp³-hybridized carbons (Fsp3) is 0.882. The lowest BCUT2D eigenvalue weighted by atomic mass is 9.97. The van der Waals surface area contributed by atoms with E-state index in [0.717, 1.165) is 43.5 Å². The Balaban J connectivity index is 1.70. The quantitative estimate of drug-likeness (QED) is 0.638. The third kappa shape index (κ3) is 6.60. The van der Waals surface area contributed by atoms with Crippen LogP contribution < -0.4 is 5.32 Å². The molecule has 1 aliphatic rings. The molecule has 1 aromatic rings. The molecule has 1 fully saturated rings.